The van der Waals surface area contributed by atoms with Crippen molar-refractivity contribution in [2.75, 3.05) is 7.11 Å². The highest BCUT2D eigenvalue weighted by Crippen LogP contribution is 2.38. The number of benzene rings is 2. The smallest absolute Gasteiger partial charge is 0.117 e. The second-order valence-electron chi connectivity index (χ2n) is 8.83. The largest absolute Gasteiger partial charge is 0.497 e. The molecular weight excluding hydrogens is 336 g/mol. The normalized spacial score (nSPS) is 16.8. The first-order chi connectivity index (χ1) is 11.7. The summed E-state index contributed by atoms with van der Waals surface area (Å²) in [6.07, 6.45) is 4.73. The van der Waals surface area contributed by atoms with Crippen molar-refractivity contribution in [3.63, 3.8) is 0 Å². The summed E-state index contributed by atoms with van der Waals surface area (Å²) in [6.45, 7) is 14.5. The first-order valence-electron chi connectivity index (χ1n) is 9.13. The third-order valence-corrected chi connectivity index (χ3v) is 11.3. The van der Waals surface area contributed by atoms with E-state index in [2.05, 4.69) is 88.2 Å². The van der Waals surface area contributed by atoms with Crippen LogP contribution in [-0.2, 0) is 0 Å². The number of hydrogen-bond acceptors (Lipinski definition) is 1. The standard InChI is InChI=1S/C22H30OSi2/c1-16-14-20(24(3,4)5)22(23-2)21(15-16)25(6,7)19-13-12-17-10-8-9-11-18(17)19/h8-15,19H,1-7H3. The van der Waals surface area contributed by atoms with Gasteiger partial charge >= 0.3 is 0 Å². The third-order valence-electron chi connectivity index (χ3n) is 5.52. The lowest BCUT2D eigenvalue weighted by Gasteiger charge is -2.34. The Kier molecular flexibility index (Phi) is 4.58. The zero-order valence-electron chi connectivity index (χ0n) is 16.6. The van der Waals surface area contributed by atoms with Crippen molar-refractivity contribution in [1.29, 1.82) is 0 Å². The van der Waals surface area contributed by atoms with Crippen LogP contribution in [0.3, 0.4) is 0 Å². The number of methoxy groups -OCH3 is 1. The van der Waals surface area contributed by atoms with Crippen molar-refractivity contribution >= 4 is 32.6 Å². The van der Waals surface area contributed by atoms with E-state index in [1.54, 1.807) is 0 Å². The van der Waals surface area contributed by atoms with Crippen LogP contribution in [0.2, 0.25) is 32.7 Å². The second-order valence-corrected chi connectivity index (χ2v) is 18.5. The van der Waals surface area contributed by atoms with Gasteiger partial charge < -0.3 is 4.74 Å². The lowest BCUT2D eigenvalue weighted by atomic mass is 10.1. The Morgan fingerprint density at radius 3 is 2.20 bits per heavy atom. The summed E-state index contributed by atoms with van der Waals surface area (Å²) in [4.78, 5) is 0. The summed E-state index contributed by atoms with van der Waals surface area (Å²) in [5.74, 6) is 1.17. The van der Waals surface area contributed by atoms with Crippen molar-refractivity contribution < 1.29 is 4.74 Å². The van der Waals surface area contributed by atoms with E-state index in [0.717, 1.165) is 0 Å². The van der Waals surface area contributed by atoms with Crippen LogP contribution in [0.1, 0.15) is 22.2 Å². The molecule has 132 valence electrons. The molecule has 0 saturated carbocycles. The first-order valence-corrected chi connectivity index (χ1v) is 15.7. The lowest BCUT2D eigenvalue weighted by Crippen LogP contribution is -2.51. The quantitative estimate of drug-likeness (QED) is 0.705. The van der Waals surface area contributed by atoms with Crippen molar-refractivity contribution in [2.45, 2.75) is 45.2 Å². The molecule has 1 nitrogen and oxygen atoms in total. The SMILES string of the molecule is COc1c([Si](C)(C)C)cc(C)cc1[Si](C)(C)C1C=Cc2ccccc21. The maximum Gasteiger partial charge on any atom is 0.117 e. The van der Waals surface area contributed by atoms with Crippen LogP contribution in [0.25, 0.3) is 6.08 Å². The number of fused-ring (bicyclic) bond motifs is 1. The van der Waals surface area contributed by atoms with Gasteiger partial charge in [0.2, 0.25) is 0 Å². The minimum Gasteiger partial charge on any atom is -0.497 e. The Morgan fingerprint density at radius 1 is 0.920 bits per heavy atom. The Hall–Kier alpha value is -1.59. The Labute approximate surface area is 154 Å². The van der Waals surface area contributed by atoms with Gasteiger partial charge in [0.1, 0.15) is 5.75 Å². The van der Waals surface area contributed by atoms with Gasteiger partial charge in [-0.2, -0.15) is 0 Å². The number of rotatable bonds is 4. The summed E-state index contributed by atoms with van der Waals surface area (Å²) in [7, 11) is -1.42. The highest BCUT2D eigenvalue weighted by molar-refractivity contribution is 6.94. The average molecular weight is 367 g/mol. The molecule has 0 spiro atoms. The summed E-state index contributed by atoms with van der Waals surface area (Å²) in [5.41, 5.74) is 4.74. The molecule has 3 rings (SSSR count). The molecule has 1 unspecified atom stereocenters. The van der Waals surface area contributed by atoms with Gasteiger partial charge in [-0.05, 0) is 28.4 Å². The minimum absolute atomic E-state index is 0.508. The Balaban J connectivity index is 2.19. The highest BCUT2D eigenvalue weighted by Gasteiger charge is 2.39. The summed E-state index contributed by atoms with van der Waals surface area (Å²) >= 11 is 0. The van der Waals surface area contributed by atoms with Crippen molar-refractivity contribution in [1.82, 2.24) is 0 Å². The topological polar surface area (TPSA) is 9.23 Å². The molecule has 0 amide bonds. The molecule has 1 aliphatic rings. The van der Waals surface area contributed by atoms with Crippen molar-refractivity contribution in [3.8, 4) is 5.75 Å². The Morgan fingerprint density at radius 2 is 1.56 bits per heavy atom. The van der Waals surface area contributed by atoms with E-state index in [1.807, 2.05) is 7.11 Å². The molecule has 0 aliphatic heterocycles. The third kappa shape index (κ3) is 3.15. The van der Waals surface area contributed by atoms with Crippen LogP contribution >= 0.6 is 0 Å². The predicted octanol–water partition coefficient (Wildman–Crippen LogP) is 4.81. The number of hydrogen-bond donors (Lipinski definition) is 0. The molecule has 2 aromatic carbocycles. The minimum atomic E-state index is -1.79. The highest BCUT2D eigenvalue weighted by atomic mass is 28.3. The fraction of sp³-hybridized carbons (Fsp3) is 0.364. The van der Waals surface area contributed by atoms with Gasteiger partial charge in [0.05, 0.1) is 23.3 Å². The van der Waals surface area contributed by atoms with Gasteiger partial charge in [-0.25, -0.2) is 0 Å². The fourth-order valence-corrected chi connectivity index (χ4v) is 9.15. The maximum absolute atomic E-state index is 6.04. The monoisotopic (exact) mass is 366 g/mol. The molecule has 0 radical (unpaired) electrons. The molecule has 3 heteroatoms. The number of ether oxygens (including phenoxy) is 1. The van der Waals surface area contributed by atoms with Gasteiger partial charge in [-0.15, -0.1) is 0 Å². The molecule has 1 aliphatic carbocycles. The van der Waals surface area contributed by atoms with Crippen LogP contribution in [0, 0.1) is 6.92 Å². The molecule has 0 heterocycles. The van der Waals surface area contributed by atoms with Crippen LogP contribution < -0.4 is 15.1 Å². The van der Waals surface area contributed by atoms with E-state index >= 15 is 0 Å². The van der Waals surface area contributed by atoms with Crippen LogP contribution in [0.5, 0.6) is 5.75 Å². The van der Waals surface area contributed by atoms with E-state index in [-0.39, 0.29) is 0 Å². The number of aryl methyl sites for hydroxylation is 1. The van der Waals surface area contributed by atoms with E-state index in [4.69, 9.17) is 4.74 Å². The molecule has 0 saturated heterocycles. The molecule has 0 bridgehead atoms. The van der Waals surface area contributed by atoms with Gasteiger partial charge in [-0.1, -0.05) is 86.8 Å². The van der Waals surface area contributed by atoms with Gasteiger partial charge in [0.25, 0.3) is 0 Å². The summed E-state index contributed by atoms with van der Waals surface area (Å²) in [6, 6.07) is 13.6. The van der Waals surface area contributed by atoms with Crippen LogP contribution in [-0.4, -0.2) is 23.3 Å². The van der Waals surface area contributed by atoms with Gasteiger partial charge in [0.15, 0.2) is 0 Å². The molecule has 25 heavy (non-hydrogen) atoms. The van der Waals surface area contributed by atoms with E-state index in [1.165, 1.54) is 32.8 Å². The maximum atomic E-state index is 6.04. The molecule has 0 aromatic heterocycles. The molecular formula is C22H30OSi2. The van der Waals surface area contributed by atoms with Crippen LogP contribution in [0.4, 0.5) is 0 Å². The number of allylic oxidation sites excluding steroid dienone is 1. The summed E-state index contributed by atoms with van der Waals surface area (Å²) in [5, 5.41) is 2.93. The van der Waals surface area contributed by atoms with E-state index in [9.17, 15) is 0 Å². The summed E-state index contributed by atoms with van der Waals surface area (Å²) < 4.78 is 6.04. The molecule has 2 aromatic rings. The fourth-order valence-electron chi connectivity index (χ4n) is 4.08. The lowest BCUT2D eigenvalue weighted by molar-refractivity contribution is 0.421. The van der Waals surface area contributed by atoms with Gasteiger partial charge in [-0.3, -0.25) is 0 Å². The molecule has 0 N–H and O–H groups in total. The van der Waals surface area contributed by atoms with E-state index < -0.39 is 16.1 Å². The molecule has 0 fully saturated rings. The zero-order chi connectivity index (χ0) is 18.4. The average Bonchev–Trinajstić information content (AvgIpc) is 2.98. The zero-order valence-corrected chi connectivity index (χ0v) is 18.6. The van der Waals surface area contributed by atoms with Crippen molar-refractivity contribution in [3.05, 3.63) is 59.2 Å². The Bertz CT molecular complexity index is 828. The van der Waals surface area contributed by atoms with Crippen molar-refractivity contribution in [2.24, 2.45) is 0 Å². The first kappa shape index (κ1) is 18.2. The second kappa shape index (κ2) is 6.29. The van der Waals surface area contributed by atoms with Crippen LogP contribution in [0.15, 0.2) is 42.5 Å². The molecule has 1 atom stereocenters. The predicted molar refractivity (Wildman–Crippen MR) is 116 cm³/mol. The van der Waals surface area contributed by atoms with E-state index in [0.29, 0.717) is 5.54 Å². The van der Waals surface area contributed by atoms with Gasteiger partial charge in [0, 0.05) is 5.54 Å².